The minimum absolute atomic E-state index is 0.184. The van der Waals surface area contributed by atoms with Crippen molar-refractivity contribution in [3.63, 3.8) is 0 Å². The van der Waals surface area contributed by atoms with Gasteiger partial charge in [0.2, 0.25) is 0 Å². The second-order valence-electron chi connectivity index (χ2n) is 4.58. The molecule has 0 aliphatic rings. The number of nitrogen functional groups attached to an aromatic ring is 1. The van der Waals surface area contributed by atoms with Gasteiger partial charge in [0.15, 0.2) is 0 Å². The van der Waals surface area contributed by atoms with Crippen LogP contribution in [0, 0.1) is 0 Å². The highest BCUT2D eigenvalue weighted by atomic mass is 16.4. The van der Waals surface area contributed by atoms with Crippen LogP contribution in [0.25, 0.3) is 0 Å². The number of hydrogen-bond acceptors (Lipinski definition) is 5. The zero-order valence-corrected chi connectivity index (χ0v) is 12.2. The summed E-state index contributed by atoms with van der Waals surface area (Å²) in [6.45, 7) is 6.07. The molecule has 1 aromatic carbocycles. The number of hydrogen-bond donors (Lipinski definition) is 2. The summed E-state index contributed by atoms with van der Waals surface area (Å²) in [6, 6.07) is 4.76. The van der Waals surface area contributed by atoms with Gasteiger partial charge < -0.3 is 15.7 Å². The predicted octanol–water partition coefficient (Wildman–Crippen LogP) is 1.60. The van der Waals surface area contributed by atoms with E-state index in [4.69, 9.17) is 10.8 Å². The number of aryl methyl sites for hydroxylation is 1. The van der Waals surface area contributed by atoms with Gasteiger partial charge in [0.25, 0.3) is 0 Å². The molecule has 0 saturated carbocycles. The van der Waals surface area contributed by atoms with Gasteiger partial charge in [0, 0.05) is 13.1 Å². The molecule has 7 heteroatoms. The lowest BCUT2D eigenvalue weighted by Gasteiger charge is -2.24. The van der Waals surface area contributed by atoms with Crippen molar-refractivity contribution in [3.8, 4) is 0 Å². The molecular weight excluding hydrogens is 270 g/mol. The molecule has 0 fully saturated rings. The fourth-order valence-electron chi connectivity index (χ4n) is 2.19. The predicted molar refractivity (Wildman–Crippen MR) is 80.2 cm³/mol. The van der Waals surface area contributed by atoms with Crippen LogP contribution in [-0.4, -0.2) is 32.4 Å². The van der Waals surface area contributed by atoms with E-state index in [0.717, 1.165) is 24.6 Å². The third-order valence-corrected chi connectivity index (χ3v) is 3.32. The molecule has 0 bridgehead atoms. The van der Waals surface area contributed by atoms with Crippen molar-refractivity contribution in [2.75, 3.05) is 17.2 Å². The first-order valence-electron chi connectivity index (χ1n) is 6.81. The molecule has 1 aromatic heterocycles. The van der Waals surface area contributed by atoms with Crippen molar-refractivity contribution in [2.24, 2.45) is 0 Å². The molecule has 21 heavy (non-hydrogen) atoms. The van der Waals surface area contributed by atoms with Gasteiger partial charge in [-0.3, -0.25) is 0 Å². The SMILES string of the molecule is CCN(Cc1ncnn1CC)c1ccc(C(=O)O)cc1N. The number of carboxylic acids is 1. The van der Waals surface area contributed by atoms with Crippen molar-refractivity contribution in [1.29, 1.82) is 0 Å². The van der Waals surface area contributed by atoms with Gasteiger partial charge in [-0.25, -0.2) is 14.5 Å². The van der Waals surface area contributed by atoms with Crippen LogP contribution in [0.1, 0.15) is 30.0 Å². The molecule has 112 valence electrons. The maximum atomic E-state index is 11.0. The fraction of sp³-hybridized carbons (Fsp3) is 0.357. The maximum Gasteiger partial charge on any atom is 0.335 e. The third kappa shape index (κ3) is 3.13. The van der Waals surface area contributed by atoms with Gasteiger partial charge in [0.1, 0.15) is 12.2 Å². The van der Waals surface area contributed by atoms with E-state index < -0.39 is 5.97 Å². The monoisotopic (exact) mass is 289 g/mol. The Kier molecular flexibility index (Phi) is 4.42. The number of carbonyl (C=O) groups is 1. The molecule has 0 saturated heterocycles. The van der Waals surface area contributed by atoms with Gasteiger partial charge in [-0.05, 0) is 32.0 Å². The summed E-state index contributed by atoms with van der Waals surface area (Å²) in [5, 5.41) is 13.1. The quantitative estimate of drug-likeness (QED) is 0.784. The zero-order valence-electron chi connectivity index (χ0n) is 12.2. The van der Waals surface area contributed by atoms with Crippen LogP contribution in [0.3, 0.4) is 0 Å². The van der Waals surface area contributed by atoms with Crippen LogP contribution in [0.2, 0.25) is 0 Å². The fourth-order valence-corrected chi connectivity index (χ4v) is 2.19. The highest BCUT2D eigenvalue weighted by Gasteiger charge is 2.14. The Balaban J connectivity index is 2.27. The van der Waals surface area contributed by atoms with Gasteiger partial charge in [-0.15, -0.1) is 0 Å². The first kappa shape index (κ1) is 14.8. The first-order chi connectivity index (χ1) is 10.1. The lowest BCUT2D eigenvalue weighted by molar-refractivity contribution is 0.0697. The minimum atomic E-state index is -0.984. The summed E-state index contributed by atoms with van der Waals surface area (Å²) in [5.74, 6) is -0.136. The number of rotatable bonds is 6. The molecule has 0 spiro atoms. The Morgan fingerprint density at radius 3 is 2.76 bits per heavy atom. The highest BCUT2D eigenvalue weighted by Crippen LogP contribution is 2.25. The number of benzene rings is 1. The highest BCUT2D eigenvalue weighted by molar-refractivity contribution is 5.90. The van der Waals surface area contributed by atoms with Crippen LogP contribution < -0.4 is 10.6 Å². The number of nitrogens with zero attached hydrogens (tertiary/aromatic N) is 4. The van der Waals surface area contributed by atoms with Crippen LogP contribution in [0.15, 0.2) is 24.5 Å². The zero-order chi connectivity index (χ0) is 15.4. The lowest BCUT2D eigenvalue weighted by atomic mass is 10.1. The number of anilines is 2. The van der Waals surface area contributed by atoms with Gasteiger partial charge >= 0.3 is 5.97 Å². The summed E-state index contributed by atoms with van der Waals surface area (Å²) in [7, 11) is 0. The van der Waals surface area contributed by atoms with Crippen molar-refractivity contribution < 1.29 is 9.90 Å². The molecule has 2 aromatic rings. The smallest absolute Gasteiger partial charge is 0.335 e. The standard InChI is InChI=1S/C14H19N5O2/c1-3-18(8-13-16-9-17-19(13)4-2)12-6-5-10(14(20)21)7-11(12)15/h5-7,9H,3-4,8,15H2,1-2H3,(H,20,21). The van der Waals surface area contributed by atoms with Crippen LogP contribution in [0.4, 0.5) is 11.4 Å². The summed E-state index contributed by atoms with van der Waals surface area (Å²) < 4.78 is 1.82. The normalized spacial score (nSPS) is 10.6. The van der Waals surface area contributed by atoms with E-state index in [2.05, 4.69) is 10.1 Å². The minimum Gasteiger partial charge on any atom is -0.478 e. The Hall–Kier alpha value is -2.57. The molecule has 0 unspecified atom stereocenters. The Labute approximate surface area is 123 Å². The Bertz CT molecular complexity index is 638. The van der Waals surface area contributed by atoms with E-state index >= 15 is 0 Å². The Morgan fingerprint density at radius 2 is 2.19 bits per heavy atom. The molecule has 7 nitrogen and oxygen atoms in total. The summed E-state index contributed by atoms with van der Waals surface area (Å²) in [4.78, 5) is 17.2. The number of nitrogens with two attached hydrogens (primary N) is 1. The van der Waals surface area contributed by atoms with E-state index in [-0.39, 0.29) is 5.56 Å². The summed E-state index contributed by atoms with van der Waals surface area (Å²) in [6.07, 6.45) is 1.53. The third-order valence-electron chi connectivity index (χ3n) is 3.32. The average molecular weight is 289 g/mol. The van der Waals surface area contributed by atoms with Crippen LogP contribution in [0.5, 0.6) is 0 Å². The molecule has 0 atom stereocenters. The van der Waals surface area contributed by atoms with Crippen molar-refractivity contribution in [3.05, 3.63) is 35.9 Å². The van der Waals surface area contributed by atoms with Gasteiger partial charge in [0.05, 0.1) is 23.5 Å². The first-order valence-corrected chi connectivity index (χ1v) is 6.81. The largest absolute Gasteiger partial charge is 0.478 e. The number of aromatic carboxylic acids is 1. The topological polar surface area (TPSA) is 97.3 Å². The molecule has 0 radical (unpaired) electrons. The number of carboxylic acid groups (broad SMARTS) is 1. The molecule has 0 amide bonds. The average Bonchev–Trinajstić information content (AvgIpc) is 2.92. The van der Waals surface area contributed by atoms with Gasteiger partial charge in [-0.2, -0.15) is 5.10 Å². The van der Waals surface area contributed by atoms with Crippen LogP contribution in [-0.2, 0) is 13.1 Å². The second-order valence-corrected chi connectivity index (χ2v) is 4.58. The van der Waals surface area contributed by atoms with E-state index in [1.54, 1.807) is 12.1 Å². The lowest BCUT2D eigenvalue weighted by Crippen LogP contribution is -2.25. The van der Waals surface area contributed by atoms with E-state index in [1.807, 2.05) is 23.4 Å². The molecule has 2 rings (SSSR count). The Morgan fingerprint density at radius 1 is 1.43 bits per heavy atom. The van der Waals surface area contributed by atoms with E-state index in [0.29, 0.717) is 12.2 Å². The van der Waals surface area contributed by atoms with Crippen molar-refractivity contribution >= 4 is 17.3 Å². The molecule has 0 aliphatic carbocycles. The summed E-state index contributed by atoms with van der Waals surface area (Å²) in [5.41, 5.74) is 7.41. The van der Waals surface area contributed by atoms with Crippen molar-refractivity contribution in [1.82, 2.24) is 14.8 Å². The maximum absolute atomic E-state index is 11.0. The number of aromatic nitrogens is 3. The molecule has 0 aliphatic heterocycles. The van der Waals surface area contributed by atoms with Gasteiger partial charge in [-0.1, -0.05) is 0 Å². The molecule has 1 heterocycles. The molecular formula is C14H19N5O2. The van der Waals surface area contributed by atoms with Crippen molar-refractivity contribution in [2.45, 2.75) is 26.9 Å². The second kappa shape index (κ2) is 6.25. The van der Waals surface area contributed by atoms with E-state index in [9.17, 15) is 4.79 Å². The molecule has 3 N–H and O–H groups in total. The van der Waals surface area contributed by atoms with E-state index in [1.165, 1.54) is 12.4 Å². The van der Waals surface area contributed by atoms with Crippen LogP contribution >= 0.6 is 0 Å². The summed E-state index contributed by atoms with van der Waals surface area (Å²) >= 11 is 0.